The third-order valence-corrected chi connectivity index (χ3v) is 5.32. The first-order valence-electron chi connectivity index (χ1n) is 9.06. The van der Waals surface area contributed by atoms with E-state index in [1.54, 1.807) is 0 Å². The van der Waals surface area contributed by atoms with Crippen molar-refractivity contribution in [3.05, 3.63) is 59.9 Å². The van der Waals surface area contributed by atoms with Gasteiger partial charge in [-0.2, -0.15) is 0 Å². The Morgan fingerprint density at radius 3 is 2.48 bits per heavy atom. The zero-order valence-electron chi connectivity index (χ0n) is 16.1. The third-order valence-electron chi connectivity index (χ3n) is 3.94. The van der Waals surface area contributed by atoms with E-state index in [1.807, 2.05) is 13.8 Å². The molecule has 2 aromatic rings. The Balaban J connectivity index is 2.03. The van der Waals surface area contributed by atoms with Crippen molar-refractivity contribution in [1.82, 2.24) is 5.32 Å². The largest absolute Gasteiger partial charge is 0.452 e. The summed E-state index contributed by atoms with van der Waals surface area (Å²) in [7, 11) is -4.00. The molecule has 0 radical (unpaired) electrons. The fourth-order valence-corrected chi connectivity index (χ4v) is 3.66. The van der Waals surface area contributed by atoms with Crippen molar-refractivity contribution in [2.24, 2.45) is 0 Å². The molecule has 0 fully saturated rings. The van der Waals surface area contributed by atoms with Crippen LogP contribution in [0.2, 0.25) is 0 Å². The summed E-state index contributed by atoms with van der Waals surface area (Å²) in [4.78, 5) is 23.8. The smallest absolute Gasteiger partial charge is 0.338 e. The first kappa shape index (κ1) is 22.4. The minimum Gasteiger partial charge on any atom is -0.452 e. The second-order valence-corrected chi connectivity index (χ2v) is 8.16. The van der Waals surface area contributed by atoms with Gasteiger partial charge in [0, 0.05) is 11.7 Å². The summed E-state index contributed by atoms with van der Waals surface area (Å²) in [6.45, 7) is 3.39. The Morgan fingerprint density at radius 1 is 1.14 bits per heavy atom. The number of hydrogen-bond donors (Lipinski definition) is 2. The second kappa shape index (κ2) is 10.0. The van der Waals surface area contributed by atoms with Gasteiger partial charge in [-0.3, -0.25) is 9.52 Å². The van der Waals surface area contributed by atoms with Crippen LogP contribution in [0.3, 0.4) is 0 Å². The molecule has 0 aliphatic carbocycles. The number of carbonyl (C=O) groups is 2. The summed E-state index contributed by atoms with van der Waals surface area (Å²) in [6, 6.07) is 10.0. The lowest BCUT2D eigenvalue weighted by Gasteiger charge is -2.13. The van der Waals surface area contributed by atoms with Gasteiger partial charge in [0.25, 0.3) is 15.9 Å². The molecule has 0 aromatic heterocycles. The molecule has 0 bridgehead atoms. The molecule has 2 rings (SSSR count). The first-order valence-corrected chi connectivity index (χ1v) is 10.5. The van der Waals surface area contributed by atoms with E-state index in [9.17, 15) is 22.4 Å². The molecule has 0 aliphatic rings. The predicted molar refractivity (Wildman–Crippen MR) is 106 cm³/mol. The Kier molecular flexibility index (Phi) is 7.72. The average Bonchev–Trinajstić information content (AvgIpc) is 2.68. The molecule has 9 heteroatoms. The molecule has 2 N–H and O–H groups in total. The van der Waals surface area contributed by atoms with Crippen LogP contribution in [0.1, 0.15) is 37.0 Å². The van der Waals surface area contributed by atoms with Gasteiger partial charge >= 0.3 is 5.97 Å². The Labute approximate surface area is 169 Å². The van der Waals surface area contributed by atoms with Crippen molar-refractivity contribution in [3.8, 4) is 0 Å². The first-order chi connectivity index (χ1) is 13.7. The van der Waals surface area contributed by atoms with Gasteiger partial charge in [-0.25, -0.2) is 17.6 Å². The van der Waals surface area contributed by atoms with Crippen molar-refractivity contribution < 1.29 is 27.1 Å². The minimum absolute atomic E-state index is 0.0126. The van der Waals surface area contributed by atoms with Gasteiger partial charge < -0.3 is 10.1 Å². The summed E-state index contributed by atoms with van der Waals surface area (Å²) in [5, 5.41) is 2.71. The number of rotatable bonds is 9. The van der Waals surface area contributed by atoms with E-state index < -0.39 is 34.3 Å². The van der Waals surface area contributed by atoms with E-state index >= 15 is 0 Å². The Bertz CT molecular complexity index is 961. The van der Waals surface area contributed by atoms with Gasteiger partial charge in [-0.15, -0.1) is 0 Å². The minimum atomic E-state index is -4.00. The van der Waals surface area contributed by atoms with E-state index in [-0.39, 0.29) is 22.2 Å². The monoisotopic (exact) mass is 422 g/mol. The average molecular weight is 422 g/mol. The highest BCUT2D eigenvalue weighted by molar-refractivity contribution is 7.92. The fraction of sp³-hybridized carbons (Fsp3) is 0.300. The quantitative estimate of drug-likeness (QED) is 0.605. The van der Waals surface area contributed by atoms with Crippen molar-refractivity contribution in [3.63, 3.8) is 0 Å². The van der Waals surface area contributed by atoms with Gasteiger partial charge in [0.05, 0.1) is 10.5 Å². The van der Waals surface area contributed by atoms with Crippen LogP contribution in [0, 0.1) is 5.82 Å². The highest BCUT2D eigenvalue weighted by atomic mass is 32.2. The number of amides is 1. The highest BCUT2D eigenvalue weighted by Gasteiger charge is 2.18. The van der Waals surface area contributed by atoms with Gasteiger partial charge in [0.2, 0.25) is 0 Å². The summed E-state index contributed by atoms with van der Waals surface area (Å²) in [6.07, 6.45) is 1.72. The number of carbonyl (C=O) groups excluding carboxylic acids is 2. The number of anilines is 1. The van der Waals surface area contributed by atoms with Crippen molar-refractivity contribution in [2.75, 3.05) is 11.3 Å². The number of sulfonamides is 1. The molecule has 29 heavy (non-hydrogen) atoms. The summed E-state index contributed by atoms with van der Waals surface area (Å²) in [5.41, 5.74) is 0.165. The lowest BCUT2D eigenvalue weighted by molar-refractivity contribution is -0.124. The van der Waals surface area contributed by atoms with Gasteiger partial charge in [-0.1, -0.05) is 19.4 Å². The van der Waals surface area contributed by atoms with E-state index in [0.29, 0.717) is 0 Å². The van der Waals surface area contributed by atoms with Gasteiger partial charge in [-0.05, 0) is 55.8 Å². The molecule has 0 aliphatic heterocycles. The van der Waals surface area contributed by atoms with E-state index in [4.69, 9.17) is 4.74 Å². The highest BCUT2D eigenvalue weighted by Crippen LogP contribution is 2.18. The molecule has 0 heterocycles. The van der Waals surface area contributed by atoms with Crippen LogP contribution < -0.4 is 10.0 Å². The lowest BCUT2D eigenvalue weighted by atomic mass is 10.2. The van der Waals surface area contributed by atoms with E-state index in [1.165, 1.54) is 30.3 Å². The number of nitrogens with one attached hydrogen (secondary N) is 2. The predicted octanol–water partition coefficient (Wildman–Crippen LogP) is 3.09. The van der Waals surface area contributed by atoms with Crippen molar-refractivity contribution in [2.45, 2.75) is 37.6 Å². The molecule has 1 amide bonds. The topological polar surface area (TPSA) is 102 Å². The molecule has 1 atom stereocenters. The lowest BCUT2D eigenvalue weighted by Crippen LogP contribution is -2.35. The van der Waals surface area contributed by atoms with Crippen LogP contribution in [0.25, 0.3) is 0 Å². The molecular formula is C20H23FN2O5S. The van der Waals surface area contributed by atoms with Gasteiger partial charge in [0.1, 0.15) is 5.82 Å². The van der Waals surface area contributed by atoms with Crippen molar-refractivity contribution in [1.29, 1.82) is 0 Å². The van der Waals surface area contributed by atoms with Crippen LogP contribution in [-0.2, 0) is 19.6 Å². The van der Waals surface area contributed by atoms with Gasteiger partial charge in [0.15, 0.2) is 6.61 Å². The zero-order valence-corrected chi connectivity index (χ0v) is 17.0. The van der Waals surface area contributed by atoms with Crippen LogP contribution in [-0.4, -0.2) is 32.9 Å². The maximum Gasteiger partial charge on any atom is 0.338 e. The van der Waals surface area contributed by atoms with E-state index in [2.05, 4.69) is 10.0 Å². The maximum atomic E-state index is 13.0. The molecule has 0 saturated heterocycles. The molecule has 156 valence electrons. The van der Waals surface area contributed by atoms with Crippen LogP contribution in [0.15, 0.2) is 53.4 Å². The van der Waals surface area contributed by atoms with Crippen LogP contribution in [0.5, 0.6) is 0 Å². The number of hydrogen-bond acceptors (Lipinski definition) is 5. The normalized spacial score (nSPS) is 12.1. The molecule has 0 saturated carbocycles. The number of ether oxygens (including phenoxy) is 1. The molecule has 7 nitrogen and oxygen atoms in total. The molecule has 0 unspecified atom stereocenters. The number of benzene rings is 2. The zero-order chi connectivity index (χ0) is 21.4. The summed E-state index contributed by atoms with van der Waals surface area (Å²) >= 11 is 0. The molecule has 2 aromatic carbocycles. The SMILES string of the molecule is CCC[C@H](C)NC(=O)COC(=O)c1cccc(S(=O)(=O)Nc2ccc(F)cc2)c1. The van der Waals surface area contributed by atoms with Crippen LogP contribution >= 0.6 is 0 Å². The third kappa shape index (κ3) is 6.86. The van der Waals surface area contributed by atoms with E-state index in [0.717, 1.165) is 31.0 Å². The second-order valence-electron chi connectivity index (χ2n) is 6.47. The van der Waals surface area contributed by atoms with Crippen molar-refractivity contribution >= 4 is 27.6 Å². The summed E-state index contributed by atoms with van der Waals surface area (Å²) in [5.74, 6) is -1.74. The maximum absolute atomic E-state index is 13.0. The number of esters is 1. The van der Waals surface area contributed by atoms with Crippen LogP contribution in [0.4, 0.5) is 10.1 Å². The molecular weight excluding hydrogens is 399 g/mol. The molecule has 0 spiro atoms. The Hall–Kier alpha value is -2.94. The fourth-order valence-electron chi connectivity index (χ4n) is 2.56. The number of halogens is 1. The Morgan fingerprint density at radius 2 is 1.83 bits per heavy atom. The standard InChI is InChI=1S/C20H23FN2O5S/c1-3-5-14(2)22-19(24)13-28-20(25)15-6-4-7-18(12-15)29(26,27)23-17-10-8-16(21)9-11-17/h4,6-12,14,23H,3,5,13H2,1-2H3,(H,22,24)/t14-/m0/s1. The summed E-state index contributed by atoms with van der Waals surface area (Å²) < 4.78 is 45.2.